The average Bonchev–Trinajstić information content (AvgIpc) is 2.25. The Bertz CT molecular complexity index is 242. The molecule has 1 aliphatic heterocycles. The van der Waals surface area contributed by atoms with Crippen molar-refractivity contribution in [1.29, 1.82) is 0 Å². The van der Waals surface area contributed by atoms with Gasteiger partial charge in [0.25, 0.3) is 0 Å². The van der Waals surface area contributed by atoms with E-state index in [9.17, 15) is 4.79 Å². The molecule has 1 saturated heterocycles. The van der Waals surface area contributed by atoms with Crippen molar-refractivity contribution in [1.82, 2.24) is 0 Å². The molecule has 16 heavy (non-hydrogen) atoms. The van der Waals surface area contributed by atoms with Crippen LogP contribution in [-0.2, 0) is 14.3 Å². The van der Waals surface area contributed by atoms with Gasteiger partial charge in [0, 0.05) is 25.7 Å². The van der Waals surface area contributed by atoms with Gasteiger partial charge in [-0.1, -0.05) is 32.5 Å². The molecule has 0 N–H and O–H groups in total. The third-order valence-electron chi connectivity index (χ3n) is 3.67. The van der Waals surface area contributed by atoms with Gasteiger partial charge in [-0.15, -0.1) is 0 Å². The molecule has 4 heteroatoms. The Balaban J connectivity index is 2.60. The predicted octanol–water partition coefficient (Wildman–Crippen LogP) is 2.55. The number of hydrogen-bond donors (Lipinski definition) is 0. The Morgan fingerprint density at radius 3 is 2.38 bits per heavy atom. The molecular formula is C12H22O3S. The SMILES string of the molecule is CO[C@H]1OC(CSC(C)=O)[C@H](C)[C@H](C)C1C. The zero-order valence-electron chi connectivity index (χ0n) is 10.7. The Labute approximate surface area is 102 Å². The first kappa shape index (κ1) is 14.0. The summed E-state index contributed by atoms with van der Waals surface area (Å²) in [4.78, 5) is 11.0. The van der Waals surface area contributed by atoms with E-state index in [2.05, 4.69) is 20.8 Å². The number of rotatable bonds is 3. The number of carbonyl (C=O) groups excluding carboxylic acids is 1. The van der Waals surface area contributed by atoms with Gasteiger partial charge in [0.05, 0.1) is 6.10 Å². The van der Waals surface area contributed by atoms with Crippen molar-refractivity contribution < 1.29 is 14.3 Å². The van der Waals surface area contributed by atoms with E-state index >= 15 is 0 Å². The summed E-state index contributed by atoms with van der Waals surface area (Å²) in [6.07, 6.45) is -0.0196. The second-order valence-corrected chi connectivity index (χ2v) is 5.86. The Kier molecular flexibility index (Phi) is 5.28. The maximum atomic E-state index is 11.0. The quantitative estimate of drug-likeness (QED) is 0.766. The third kappa shape index (κ3) is 3.22. The van der Waals surface area contributed by atoms with Crippen molar-refractivity contribution in [3.8, 4) is 0 Å². The van der Waals surface area contributed by atoms with Gasteiger partial charge >= 0.3 is 0 Å². The van der Waals surface area contributed by atoms with Gasteiger partial charge < -0.3 is 9.47 Å². The molecule has 2 unspecified atom stereocenters. The normalized spacial score (nSPS) is 39.7. The summed E-state index contributed by atoms with van der Waals surface area (Å²) in [5.41, 5.74) is 0. The maximum absolute atomic E-state index is 11.0. The molecule has 3 nitrogen and oxygen atoms in total. The molecule has 5 atom stereocenters. The number of ether oxygens (including phenoxy) is 2. The molecule has 0 amide bonds. The van der Waals surface area contributed by atoms with Crippen molar-refractivity contribution >= 4 is 16.9 Å². The van der Waals surface area contributed by atoms with E-state index in [1.807, 2.05) is 0 Å². The summed E-state index contributed by atoms with van der Waals surface area (Å²) >= 11 is 1.34. The molecule has 0 radical (unpaired) electrons. The number of carbonyl (C=O) groups is 1. The van der Waals surface area contributed by atoms with Gasteiger partial charge in [0.2, 0.25) is 0 Å². The summed E-state index contributed by atoms with van der Waals surface area (Å²) < 4.78 is 11.2. The fraction of sp³-hybridized carbons (Fsp3) is 0.917. The van der Waals surface area contributed by atoms with Crippen LogP contribution in [0.3, 0.4) is 0 Å². The van der Waals surface area contributed by atoms with Crippen LogP contribution in [-0.4, -0.2) is 30.4 Å². The van der Waals surface area contributed by atoms with Crippen LogP contribution in [0.5, 0.6) is 0 Å². The predicted molar refractivity (Wildman–Crippen MR) is 66.3 cm³/mol. The summed E-state index contributed by atoms with van der Waals surface area (Å²) in [7, 11) is 1.68. The van der Waals surface area contributed by atoms with Crippen LogP contribution < -0.4 is 0 Å². The van der Waals surface area contributed by atoms with Crippen LogP contribution in [0.4, 0.5) is 0 Å². The molecule has 1 aliphatic rings. The van der Waals surface area contributed by atoms with Crippen LogP contribution in [0.25, 0.3) is 0 Å². The molecular weight excluding hydrogens is 224 g/mol. The fourth-order valence-electron chi connectivity index (χ4n) is 2.15. The van der Waals surface area contributed by atoms with E-state index in [0.717, 1.165) is 5.75 Å². The van der Waals surface area contributed by atoms with E-state index in [-0.39, 0.29) is 17.5 Å². The maximum Gasteiger partial charge on any atom is 0.185 e. The average molecular weight is 246 g/mol. The molecule has 0 aromatic rings. The van der Waals surface area contributed by atoms with E-state index in [1.54, 1.807) is 14.0 Å². The minimum atomic E-state index is -0.135. The lowest BCUT2D eigenvalue weighted by atomic mass is 9.79. The molecule has 94 valence electrons. The van der Waals surface area contributed by atoms with E-state index in [0.29, 0.717) is 17.8 Å². The van der Waals surface area contributed by atoms with Crippen molar-refractivity contribution in [2.75, 3.05) is 12.9 Å². The molecule has 0 saturated carbocycles. The lowest BCUT2D eigenvalue weighted by Crippen LogP contribution is -2.46. The van der Waals surface area contributed by atoms with Crippen molar-refractivity contribution in [2.45, 2.75) is 40.1 Å². The molecule has 1 fully saturated rings. The summed E-state index contributed by atoms with van der Waals surface area (Å²) in [6, 6.07) is 0. The fourth-order valence-corrected chi connectivity index (χ4v) is 2.93. The summed E-state index contributed by atoms with van der Waals surface area (Å²) in [5, 5.41) is 0.149. The Morgan fingerprint density at radius 1 is 1.25 bits per heavy atom. The number of thioether (sulfide) groups is 1. The lowest BCUT2D eigenvalue weighted by molar-refractivity contribution is -0.231. The van der Waals surface area contributed by atoms with Crippen LogP contribution in [0.1, 0.15) is 27.7 Å². The Hall–Kier alpha value is -0.0600. The minimum Gasteiger partial charge on any atom is -0.356 e. The molecule has 0 bridgehead atoms. The number of methoxy groups -OCH3 is 1. The molecule has 1 heterocycles. The highest BCUT2D eigenvalue weighted by molar-refractivity contribution is 8.13. The lowest BCUT2D eigenvalue weighted by Gasteiger charge is -2.42. The topological polar surface area (TPSA) is 35.5 Å². The van der Waals surface area contributed by atoms with Gasteiger partial charge in [-0.05, 0) is 11.8 Å². The summed E-state index contributed by atoms with van der Waals surface area (Å²) in [6.45, 7) is 8.18. The monoisotopic (exact) mass is 246 g/mol. The second kappa shape index (κ2) is 6.03. The van der Waals surface area contributed by atoms with Crippen LogP contribution in [0.15, 0.2) is 0 Å². The van der Waals surface area contributed by atoms with Crippen molar-refractivity contribution in [2.24, 2.45) is 17.8 Å². The van der Waals surface area contributed by atoms with Gasteiger partial charge in [-0.25, -0.2) is 0 Å². The number of hydrogen-bond acceptors (Lipinski definition) is 4. The van der Waals surface area contributed by atoms with E-state index in [4.69, 9.17) is 9.47 Å². The van der Waals surface area contributed by atoms with Gasteiger partial charge in [-0.3, -0.25) is 4.79 Å². The highest BCUT2D eigenvalue weighted by Gasteiger charge is 2.39. The molecule has 0 aromatic heterocycles. The largest absolute Gasteiger partial charge is 0.356 e. The molecule has 1 rings (SSSR count). The van der Waals surface area contributed by atoms with E-state index < -0.39 is 0 Å². The van der Waals surface area contributed by atoms with Gasteiger partial charge in [0.15, 0.2) is 11.4 Å². The van der Waals surface area contributed by atoms with Crippen LogP contribution in [0, 0.1) is 17.8 Å². The first-order chi connectivity index (χ1) is 7.47. The van der Waals surface area contributed by atoms with Crippen LogP contribution >= 0.6 is 11.8 Å². The third-order valence-corrected chi connectivity index (χ3v) is 4.57. The van der Waals surface area contributed by atoms with Crippen molar-refractivity contribution in [3.63, 3.8) is 0 Å². The molecule has 0 aromatic carbocycles. The second-order valence-electron chi connectivity index (χ2n) is 4.66. The molecule has 0 aliphatic carbocycles. The van der Waals surface area contributed by atoms with Gasteiger partial charge in [0.1, 0.15) is 0 Å². The Morgan fingerprint density at radius 2 is 1.88 bits per heavy atom. The zero-order chi connectivity index (χ0) is 12.3. The van der Waals surface area contributed by atoms with Crippen LogP contribution in [0.2, 0.25) is 0 Å². The first-order valence-electron chi connectivity index (χ1n) is 5.79. The van der Waals surface area contributed by atoms with Crippen molar-refractivity contribution in [3.05, 3.63) is 0 Å². The molecule has 0 spiro atoms. The zero-order valence-corrected chi connectivity index (χ0v) is 11.5. The highest BCUT2D eigenvalue weighted by Crippen LogP contribution is 2.36. The highest BCUT2D eigenvalue weighted by atomic mass is 32.2. The minimum absolute atomic E-state index is 0.116. The smallest absolute Gasteiger partial charge is 0.185 e. The standard InChI is InChI=1S/C12H22O3S/c1-7-8(2)11(6-16-10(4)13)15-12(14-5)9(7)3/h7-9,11-12H,6H2,1-5H3/t7-,8+,9?,11?,12-/m0/s1. The van der Waals surface area contributed by atoms with E-state index in [1.165, 1.54) is 11.8 Å². The summed E-state index contributed by atoms with van der Waals surface area (Å²) in [5.74, 6) is 2.15. The first-order valence-corrected chi connectivity index (χ1v) is 6.77. The van der Waals surface area contributed by atoms with Gasteiger partial charge in [-0.2, -0.15) is 0 Å².